The van der Waals surface area contributed by atoms with Gasteiger partial charge in [0.05, 0.1) is 25.0 Å². The number of carbonyl (C=O) groups is 1. The van der Waals surface area contributed by atoms with Gasteiger partial charge in [0.2, 0.25) is 0 Å². The summed E-state index contributed by atoms with van der Waals surface area (Å²) in [6, 6.07) is -1.30. The van der Waals surface area contributed by atoms with Crippen LogP contribution in [0.15, 0.2) is 12.3 Å². The van der Waals surface area contributed by atoms with Crippen LogP contribution in [0.3, 0.4) is 0 Å². The van der Waals surface area contributed by atoms with E-state index in [0.29, 0.717) is 23.1 Å². The van der Waals surface area contributed by atoms with E-state index in [-0.39, 0.29) is 18.1 Å². The highest BCUT2D eigenvalue weighted by Gasteiger charge is 2.43. The second-order valence-electron chi connectivity index (χ2n) is 8.42. The number of carbonyl (C=O) groups excluding carboxylic acids is 1. The van der Waals surface area contributed by atoms with E-state index in [9.17, 15) is 13.2 Å². The lowest BCUT2D eigenvalue weighted by Crippen LogP contribution is -2.40. The Morgan fingerprint density at radius 3 is 2.64 bits per heavy atom. The minimum atomic E-state index is -4.79. The standard InChI is InChI=1S/C15H25N5O6SSi/c1-15(2,3)28(4,5)25-10-11-7-19(17-16-11)12-6-13-9-18(8-12)14(21)20(13)26-27(22,23)24/h6-7,13H,8-10H2,1-5H3,(H,22,23,24). The Kier molecular flexibility index (Phi) is 5.16. The molecule has 0 radical (unpaired) electrons. The van der Waals surface area contributed by atoms with E-state index >= 15 is 0 Å². The third-order valence-corrected chi connectivity index (χ3v) is 10.1. The zero-order valence-electron chi connectivity index (χ0n) is 16.5. The fourth-order valence-corrected chi connectivity index (χ4v) is 4.01. The van der Waals surface area contributed by atoms with Crippen LogP contribution in [0.5, 0.6) is 0 Å². The number of hydroxylamine groups is 2. The van der Waals surface area contributed by atoms with Crippen LogP contribution in [0.2, 0.25) is 18.1 Å². The molecule has 1 atom stereocenters. The maximum absolute atomic E-state index is 12.2. The van der Waals surface area contributed by atoms with Crippen LogP contribution in [0.4, 0.5) is 4.79 Å². The number of nitrogens with zero attached hydrogens (tertiary/aromatic N) is 5. The molecule has 1 fully saturated rings. The van der Waals surface area contributed by atoms with Gasteiger partial charge >= 0.3 is 16.4 Å². The summed E-state index contributed by atoms with van der Waals surface area (Å²) in [4.78, 5) is 13.6. The van der Waals surface area contributed by atoms with Crippen molar-refractivity contribution in [1.82, 2.24) is 25.0 Å². The molecule has 1 saturated heterocycles. The second kappa shape index (κ2) is 6.91. The lowest BCUT2D eigenvalue weighted by molar-refractivity contribution is -0.0183. The normalized spacial score (nSPS) is 20.7. The van der Waals surface area contributed by atoms with Crippen molar-refractivity contribution >= 4 is 30.4 Å². The van der Waals surface area contributed by atoms with Gasteiger partial charge in [0.15, 0.2) is 8.32 Å². The number of hydrogen-bond acceptors (Lipinski definition) is 7. The van der Waals surface area contributed by atoms with Crippen molar-refractivity contribution in [3.63, 3.8) is 0 Å². The fraction of sp³-hybridized carbons (Fsp3) is 0.667. The number of hydrogen-bond donors (Lipinski definition) is 1. The first-order chi connectivity index (χ1) is 12.8. The van der Waals surface area contributed by atoms with Crippen LogP contribution in [-0.2, 0) is 25.7 Å². The van der Waals surface area contributed by atoms with E-state index in [2.05, 4.69) is 48.5 Å². The smallest absolute Gasteiger partial charge is 0.411 e. The summed E-state index contributed by atoms with van der Waals surface area (Å²) in [5, 5.41) is 8.94. The molecule has 2 bridgehead atoms. The summed E-state index contributed by atoms with van der Waals surface area (Å²) in [5.41, 5.74) is 1.31. The summed E-state index contributed by atoms with van der Waals surface area (Å²) in [7, 11) is -6.71. The molecule has 3 heterocycles. The predicted molar refractivity (Wildman–Crippen MR) is 102 cm³/mol. The summed E-state index contributed by atoms with van der Waals surface area (Å²) < 4.78 is 42.8. The zero-order chi connectivity index (χ0) is 20.9. The highest BCUT2D eigenvalue weighted by Crippen LogP contribution is 2.37. The van der Waals surface area contributed by atoms with Crippen LogP contribution >= 0.6 is 0 Å². The number of fused-ring (bicyclic) bond motifs is 2. The highest BCUT2D eigenvalue weighted by molar-refractivity contribution is 7.80. The van der Waals surface area contributed by atoms with Gasteiger partial charge in [-0.3, -0.25) is 4.55 Å². The molecule has 2 aliphatic rings. The molecule has 1 N–H and O–H groups in total. The molecule has 156 valence electrons. The number of urea groups is 1. The van der Waals surface area contributed by atoms with Crippen molar-refractivity contribution < 1.29 is 26.5 Å². The maximum Gasteiger partial charge on any atom is 0.418 e. The first kappa shape index (κ1) is 20.9. The van der Waals surface area contributed by atoms with E-state index in [1.807, 2.05) is 0 Å². The number of amides is 2. The SMILES string of the molecule is CC(C)(C)[Si](C)(C)OCc1cn(C2=CC3CN(C2)C(=O)N3OS(=O)(=O)O)nn1. The van der Waals surface area contributed by atoms with Gasteiger partial charge in [-0.2, -0.15) is 13.5 Å². The lowest BCUT2D eigenvalue weighted by Gasteiger charge is -2.35. The van der Waals surface area contributed by atoms with Gasteiger partial charge in [-0.1, -0.05) is 26.0 Å². The van der Waals surface area contributed by atoms with E-state index in [1.165, 1.54) is 9.58 Å². The van der Waals surface area contributed by atoms with Gasteiger partial charge in [0, 0.05) is 6.54 Å². The molecule has 2 aliphatic heterocycles. The summed E-state index contributed by atoms with van der Waals surface area (Å²) in [6.45, 7) is 11.6. The van der Waals surface area contributed by atoms with E-state index < -0.39 is 30.8 Å². The van der Waals surface area contributed by atoms with E-state index in [0.717, 1.165) is 0 Å². The minimum absolute atomic E-state index is 0.0816. The number of aromatic nitrogens is 3. The first-order valence-electron chi connectivity index (χ1n) is 8.78. The molecule has 1 aromatic rings. The predicted octanol–water partition coefficient (Wildman–Crippen LogP) is 1.50. The maximum atomic E-state index is 12.2. The molecule has 0 aliphatic carbocycles. The molecule has 11 nitrogen and oxygen atoms in total. The summed E-state index contributed by atoms with van der Waals surface area (Å²) in [5.74, 6) is 0. The van der Waals surface area contributed by atoms with Crippen LogP contribution in [0.1, 0.15) is 26.5 Å². The van der Waals surface area contributed by atoms with Crippen LogP contribution in [0, 0.1) is 0 Å². The Bertz CT molecular complexity index is 906. The minimum Gasteiger partial charge on any atom is -0.411 e. The Morgan fingerprint density at radius 1 is 1.36 bits per heavy atom. The molecule has 28 heavy (non-hydrogen) atoms. The molecule has 0 spiro atoms. The molecule has 3 rings (SSSR count). The largest absolute Gasteiger partial charge is 0.418 e. The van der Waals surface area contributed by atoms with E-state index in [4.69, 9.17) is 8.98 Å². The van der Waals surface area contributed by atoms with E-state index in [1.54, 1.807) is 12.3 Å². The Hall–Kier alpha value is -1.80. The van der Waals surface area contributed by atoms with Crippen molar-refractivity contribution in [1.29, 1.82) is 0 Å². The quantitative estimate of drug-likeness (QED) is 0.530. The lowest BCUT2D eigenvalue weighted by atomic mass is 10.2. The molecule has 0 saturated carbocycles. The van der Waals surface area contributed by atoms with Crippen molar-refractivity contribution in [2.24, 2.45) is 0 Å². The van der Waals surface area contributed by atoms with Crippen LogP contribution < -0.4 is 0 Å². The third-order valence-electron chi connectivity index (χ3n) is 5.30. The van der Waals surface area contributed by atoms with Crippen LogP contribution in [-0.4, -0.2) is 71.4 Å². The number of rotatable bonds is 6. The fourth-order valence-electron chi connectivity index (χ4n) is 2.70. The average Bonchev–Trinajstić information content (AvgIpc) is 3.11. The van der Waals surface area contributed by atoms with Gasteiger partial charge in [-0.15, -0.1) is 9.38 Å². The van der Waals surface area contributed by atoms with Crippen molar-refractivity contribution in [3.05, 3.63) is 18.0 Å². The Morgan fingerprint density at radius 2 is 2.04 bits per heavy atom. The average molecular weight is 432 g/mol. The molecule has 2 amide bonds. The topological polar surface area (TPSA) is 127 Å². The molecular weight excluding hydrogens is 406 g/mol. The van der Waals surface area contributed by atoms with Gasteiger partial charge in [-0.05, 0) is 24.2 Å². The summed E-state index contributed by atoms with van der Waals surface area (Å²) in [6.07, 6.45) is 3.39. The second-order valence-corrected chi connectivity index (χ2v) is 14.2. The molecule has 0 aromatic carbocycles. The highest BCUT2D eigenvalue weighted by atomic mass is 32.3. The zero-order valence-corrected chi connectivity index (χ0v) is 18.3. The van der Waals surface area contributed by atoms with Gasteiger partial charge in [0.1, 0.15) is 11.7 Å². The third kappa shape index (κ3) is 4.27. The first-order valence-corrected chi connectivity index (χ1v) is 13.1. The molecular formula is C15H25N5O6SSi. The van der Waals surface area contributed by atoms with Gasteiger partial charge in [-0.25, -0.2) is 9.48 Å². The molecule has 1 unspecified atom stereocenters. The Balaban J connectivity index is 1.72. The van der Waals surface area contributed by atoms with Crippen LogP contribution in [0.25, 0.3) is 5.70 Å². The molecule has 13 heteroatoms. The van der Waals surface area contributed by atoms with Gasteiger partial charge < -0.3 is 9.33 Å². The Labute approximate surface area is 164 Å². The van der Waals surface area contributed by atoms with Crippen molar-refractivity contribution in [2.75, 3.05) is 13.1 Å². The van der Waals surface area contributed by atoms with Gasteiger partial charge in [0.25, 0.3) is 0 Å². The van der Waals surface area contributed by atoms with Crippen molar-refractivity contribution in [2.45, 2.75) is 51.6 Å². The molecule has 1 aromatic heterocycles. The van der Waals surface area contributed by atoms with Crippen molar-refractivity contribution in [3.8, 4) is 0 Å². The summed E-state index contributed by atoms with van der Waals surface area (Å²) >= 11 is 0. The monoisotopic (exact) mass is 431 g/mol.